The molecule has 2 aliphatic rings. The van der Waals surface area contributed by atoms with Gasteiger partial charge in [0.05, 0.1) is 13.1 Å². The summed E-state index contributed by atoms with van der Waals surface area (Å²) in [6.07, 6.45) is 6.27. The molecular formula is C19H29N2O+. The fourth-order valence-electron chi connectivity index (χ4n) is 3.66. The minimum Gasteiger partial charge on any atom is -0.348 e. The Morgan fingerprint density at radius 3 is 2.50 bits per heavy atom. The number of likely N-dealkylation sites (tertiary alicyclic amines) is 1. The summed E-state index contributed by atoms with van der Waals surface area (Å²) < 4.78 is 0. The van der Waals surface area contributed by atoms with Crippen LogP contribution in [0.3, 0.4) is 0 Å². The highest BCUT2D eigenvalue weighted by atomic mass is 16.2. The van der Waals surface area contributed by atoms with Crippen LogP contribution in [0.15, 0.2) is 30.3 Å². The zero-order valence-corrected chi connectivity index (χ0v) is 13.7. The lowest BCUT2D eigenvalue weighted by molar-refractivity contribution is -0.898. The van der Waals surface area contributed by atoms with Gasteiger partial charge < -0.3 is 10.2 Å². The molecule has 2 N–H and O–H groups in total. The SMILES string of the molecule is C[C@H](NC(=O)C[NH+]1CCC(Cc2ccccc2)CC1)C1CC1. The number of amides is 1. The Hall–Kier alpha value is -1.35. The van der Waals surface area contributed by atoms with Crippen molar-refractivity contribution < 1.29 is 9.69 Å². The summed E-state index contributed by atoms with van der Waals surface area (Å²) in [4.78, 5) is 13.6. The predicted molar refractivity (Wildman–Crippen MR) is 88.8 cm³/mol. The van der Waals surface area contributed by atoms with Gasteiger partial charge >= 0.3 is 0 Å². The van der Waals surface area contributed by atoms with E-state index in [1.807, 2.05) is 0 Å². The van der Waals surface area contributed by atoms with Crippen LogP contribution in [0.1, 0.15) is 38.2 Å². The third-order valence-electron chi connectivity index (χ3n) is 5.31. The van der Waals surface area contributed by atoms with Crippen LogP contribution in [0.25, 0.3) is 0 Å². The number of benzene rings is 1. The third-order valence-corrected chi connectivity index (χ3v) is 5.31. The van der Waals surface area contributed by atoms with Crippen LogP contribution in [0, 0.1) is 11.8 Å². The van der Waals surface area contributed by atoms with Crippen molar-refractivity contribution in [1.82, 2.24) is 5.32 Å². The van der Waals surface area contributed by atoms with E-state index in [1.165, 1.54) is 42.6 Å². The summed E-state index contributed by atoms with van der Waals surface area (Å²) in [5.41, 5.74) is 1.45. The van der Waals surface area contributed by atoms with Crippen molar-refractivity contribution >= 4 is 5.91 Å². The quantitative estimate of drug-likeness (QED) is 0.819. The average molecular weight is 301 g/mol. The summed E-state index contributed by atoms with van der Waals surface area (Å²) in [7, 11) is 0. The molecule has 0 unspecified atom stereocenters. The van der Waals surface area contributed by atoms with Crippen LogP contribution in [0.2, 0.25) is 0 Å². The second kappa shape index (κ2) is 7.28. The molecule has 1 aliphatic carbocycles. The third kappa shape index (κ3) is 4.57. The van der Waals surface area contributed by atoms with Crippen molar-refractivity contribution in [3.05, 3.63) is 35.9 Å². The van der Waals surface area contributed by atoms with E-state index in [1.54, 1.807) is 0 Å². The van der Waals surface area contributed by atoms with E-state index in [4.69, 9.17) is 0 Å². The molecule has 0 spiro atoms. The molecule has 1 saturated heterocycles. The van der Waals surface area contributed by atoms with Crippen molar-refractivity contribution in [3.8, 4) is 0 Å². The largest absolute Gasteiger partial charge is 0.348 e. The molecule has 22 heavy (non-hydrogen) atoms. The molecule has 2 fully saturated rings. The zero-order valence-electron chi connectivity index (χ0n) is 13.7. The van der Waals surface area contributed by atoms with Crippen LogP contribution < -0.4 is 10.2 Å². The fourth-order valence-corrected chi connectivity index (χ4v) is 3.66. The molecule has 0 bridgehead atoms. The van der Waals surface area contributed by atoms with E-state index in [9.17, 15) is 4.79 Å². The Bertz CT molecular complexity index is 475. The number of hydrogen-bond donors (Lipinski definition) is 2. The molecule has 120 valence electrons. The molecule has 1 aromatic carbocycles. The summed E-state index contributed by atoms with van der Waals surface area (Å²) >= 11 is 0. The highest BCUT2D eigenvalue weighted by Gasteiger charge is 2.30. The molecule has 1 aromatic rings. The van der Waals surface area contributed by atoms with Gasteiger partial charge in [-0.3, -0.25) is 4.79 Å². The Labute approximate surface area is 134 Å². The fraction of sp³-hybridized carbons (Fsp3) is 0.632. The lowest BCUT2D eigenvalue weighted by Gasteiger charge is -2.29. The van der Waals surface area contributed by atoms with Gasteiger partial charge in [0.2, 0.25) is 0 Å². The first-order valence-corrected chi connectivity index (χ1v) is 8.87. The van der Waals surface area contributed by atoms with Gasteiger partial charge in [0, 0.05) is 6.04 Å². The number of hydrogen-bond acceptors (Lipinski definition) is 1. The lowest BCUT2D eigenvalue weighted by Crippen LogP contribution is -3.14. The number of carbonyl (C=O) groups is 1. The van der Waals surface area contributed by atoms with Gasteiger partial charge in [-0.25, -0.2) is 0 Å². The second-order valence-corrected chi connectivity index (χ2v) is 7.25. The van der Waals surface area contributed by atoms with Gasteiger partial charge in [-0.05, 0) is 56.4 Å². The van der Waals surface area contributed by atoms with Gasteiger partial charge in [-0.1, -0.05) is 30.3 Å². The van der Waals surface area contributed by atoms with Gasteiger partial charge in [-0.2, -0.15) is 0 Å². The van der Waals surface area contributed by atoms with Gasteiger partial charge in [0.1, 0.15) is 0 Å². The standard InChI is InChI=1S/C19H28N2O/c1-15(18-7-8-18)20-19(22)14-21-11-9-17(10-12-21)13-16-5-3-2-4-6-16/h2-6,15,17-18H,7-14H2,1H3,(H,20,22)/p+1/t15-/m0/s1. The van der Waals surface area contributed by atoms with E-state index in [0.717, 1.165) is 24.9 Å². The lowest BCUT2D eigenvalue weighted by atomic mass is 9.90. The van der Waals surface area contributed by atoms with Crippen LogP contribution >= 0.6 is 0 Å². The molecular weight excluding hydrogens is 272 g/mol. The molecule has 1 aliphatic heterocycles. The van der Waals surface area contributed by atoms with Crippen molar-refractivity contribution in [2.75, 3.05) is 19.6 Å². The van der Waals surface area contributed by atoms with Crippen LogP contribution in [-0.4, -0.2) is 31.6 Å². The minimum absolute atomic E-state index is 0.246. The maximum Gasteiger partial charge on any atom is 0.275 e. The second-order valence-electron chi connectivity index (χ2n) is 7.25. The molecule has 0 aromatic heterocycles. The minimum atomic E-state index is 0.246. The van der Waals surface area contributed by atoms with Crippen molar-refractivity contribution in [3.63, 3.8) is 0 Å². The molecule has 1 amide bonds. The van der Waals surface area contributed by atoms with E-state index in [0.29, 0.717) is 12.6 Å². The van der Waals surface area contributed by atoms with Crippen LogP contribution in [-0.2, 0) is 11.2 Å². The maximum absolute atomic E-state index is 12.1. The highest BCUT2D eigenvalue weighted by Crippen LogP contribution is 2.32. The van der Waals surface area contributed by atoms with E-state index < -0.39 is 0 Å². The summed E-state index contributed by atoms with van der Waals surface area (Å²) in [5, 5.41) is 3.18. The van der Waals surface area contributed by atoms with Crippen LogP contribution in [0.4, 0.5) is 0 Å². The summed E-state index contributed by atoms with van der Waals surface area (Å²) in [6.45, 7) is 5.09. The van der Waals surface area contributed by atoms with Crippen molar-refractivity contribution in [2.24, 2.45) is 11.8 Å². The number of rotatable bonds is 6. The number of quaternary nitrogens is 1. The number of nitrogens with one attached hydrogen (secondary N) is 2. The Kier molecular flexibility index (Phi) is 5.14. The highest BCUT2D eigenvalue weighted by molar-refractivity contribution is 5.77. The van der Waals surface area contributed by atoms with Crippen LogP contribution in [0.5, 0.6) is 0 Å². The molecule has 0 radical (unpaired) electrons. The normalized spacial score (nSPS) is 26.4. The number of carbonyl (C=O) groups excluding carboxylic acids is 1. The van der Waals surface area contributed by atoms with Gasteiger partial charge in [-0.15, -0.1) is 0 Å². The van der Waals surface area contributed by atoms with Gasteiger partial charge in [0.25, 0.3) is 5.91 Å². The number of piperidine rings is 1. The Morgan fingerprint density at radius 1 is 1.18 bits per heavy atom. The zero-order chi connectivity index (χ0) is 15.4. The van der Waals surface area contributed by atoms with Gasteiger partial charge in [0.15, 0.2) is 6.54 Å². The molecule has 1 saturated carbocycles. The Balaban J connectivity index is 1.37. The summed E-state index contributed by atoms with van der Waals surface area (Å²) in [6, 6.07) is 11.2. The predicted octanol–water partition coefficient (Wildman–Crippen LogP) is 1.44. The topological polar surface area (TPSA) is 33.5 Å². The first-order chi connectivity index (χ1) is 10.7. The van der Waals surface area contributed by atoms with Crippen molar-refractivity contribution in [2.45, 2.75) is 45.1 Å². The van der Waals surface area contributed by atoms with Crippen molar-refractivity contribution in [1.29, 1.82) is 0 Å². The molecule has 3 heteroatoms. The van der Waals surface area contributed by atoms with E-state index in [-0.39, 0.29) is 5.91 Å². The Morgan fingerprint density at radius 2 is 1.86 bits per heavy atom. The van der Waals surface area contributed by atoms with E-state index >= 15 is 0 Å². The first-order valence-electron chi connectivity index (χ1n) is 8.87. The van der Waals surface area contributed by atoms with E-state index in [2.05, 4.69) is 42.6 Å². The average Bonchev–Trinajstić information content (AvgIpc) is 3.35. The smallest absolute Gasteiger partial charge is 0.275 e. The maximum atomic E-state index is 12.1. The monoisotopic (exact) mass is 301 g/mol. The molecule has 3 nitrogen and oxygen atoms in total. The first kappa shape index (κ1) is 15.5. The molecule has 1 atom stereocenters. The summed E-state index contributed by atoms with van der Waals surface area (Å²) in [5.74, 6) is 1.78. The molecule has 3 rings (SSSR count). The molecule has 1 heterocycles.